The van der Waals surface area contributed by atoms with Crippen molar-refractivity contribution in [2.75, 3.05) is 18.6 Å². The lowest BCUT2D eigenvalue weighted by Gasteiger charge is -2.23. The fourth-order valence-corrected chi connectivity index (χ4v) is 1.86. The van der Waals surface area contributed by atoms with Crippen LogP contribution >= 0.6 is 11.6 Å². The molecule has 0 atom stereocenters. The van der Waals surface area contributed by atoms with E-state index in [0.29, 0.717) is 35.9 Å². The molecule has 0 unspecified atom stereocenters. The van der Waals surface area contributed by atoms with Crippen molar-refractivity contribution in [2.45, 2.75) is 25.3 Å². The van der Waals surface area contributed by atoms with Crippen LogP contribution in [0.4, 0.5) is 5.82 Å². The third kappa shape index (κ3) is 2.77. The average molecular weight is 253 g/mol. The lowest BCUT2D eigenvalue weighted by atomic mass is 10.3. The van der Waals surface area contributed by atoms with Gasteiger partial charge in [-0.2, -0.15) is 10.2 Å². The molecule has 1 aliphatic carbocycles. The van der Waals surface area contributed by atoms with Gasteiger partial charge in [0.25, 0.3) is 0 Å². The first-order valence-electron chi connectivity index (χ1n) is 5.46. The van der Waals surface area contributed by atoms with Crippen molar-refractivity contribution in [2.24, 2.45) is 0 Å². The minimum Gasteiger partial charge on any atom is -0.467 e. The minimum atomic E-state index is 0.298. The number of hydrogen-bond acceptors (Lipinski definition) is 5. The van der Waals surface area contributed by atoms with Gasteiger partial charge in [-0.15, -0.1) is 0 Å². The van der Waals surface area contributed by atoms with Gasteiger partial charge in [0.1, 0.15) is 5.02 Å². The van der Waals surface area contributed by atoms with Crippen molar-refractivity contribution >= 4 is 17.4 Å². The molecule has 0 spiro atoms. The van der Waals surface area contributed by atoms with Crippen molar-refractivity contribution in [1.82, 2.24) is 9.97 Å². The number of rotatable bonds is 5. The molecule has 90 valence electrons. The Bertz CT molecular complexity index is 442. The van der Waals surface area contributed by atoms with Gasteiger partial charge in [0.15, 0.2) is 5.82 Å². The standard InChI is InChI=1S/C11H13ClN4O/c1-17-11-14-7-9(12)10(15-11)16(6-2-5-13)8-3-4-8/h7-8H,2-4,6H2,1H3. The molecule has 1 aromatic rings. The first kappa shape index (κ1) is 11.9. The van der Waals surface area contributed by atoms with Crippen molar-refractivity contribution in [3.05, 3.63) is 11.2 Å². The lowest BCUT2D eigenvalue weighted by molar-refractivity contribution is 0.379. The first-order chi connectivity index (χ1) is 8.26. The zero-order valence-electron chi connectivity index (χ0n) is 9.56. The van der Waals surface area contributed by atoms with Crippen LogP contribution in [0.15, 0.2) is 6.20 Å². The molecule has 5 nitrogen and oxygen atoms in total. The Morgan fingerprint density at radius 2 is 2.41 bits per heavy atom. The highest BCUT2D eigenvalue weighted by Gasteiger charge is 2.31. The SMILES string of the molecule is COc1ncc(Cl)c(N(CCC#N)C2CC2)n1. The Morgan fingerprint density at radius 3 is 3.00 bits per heavy atom. The highest BCUT2D eigenvalue weighted by atomic mass is 35.5. The number of nitriles is 1. The van der Waals surface area contributed by atoms with E-state index in [1.165, 1.54) is 13.3 Å². The molecule has 0 radical (unpaired) electrons. The highest BCUT2D eigenvalue weighted by Crippen LogP contribution is 2.34. The van der Waals surface area contributed by atoms with Gasteiger partial charge < -0.3 is 9.64 Å². The molecule has 0 N–H and O–H groups in total. The molecule has 0 bridgehead atoms. The maximum absolute atomic E-state index is 8.67. The van der Waals surface area contributed by atoms with Gasteiger partial charge in [-0.3, -0.25) is 0 Å². The van der Waals surface area contributed by atoms with Crippen LogP contribution in [0.3, 0.4) is 0 Å². The molecule has 17 heavy (non-hydrogen) atoms. The average Bonchev–Trinajstić information content (AvgIpc) is 3.16. The molecule has 0 amide bonds. The van der Waals surface area contributed by atoms with Gasteiger partial charge >= 0.3 is 6.01 Å². The number of ether oxygens (including phenoxy) is 1. The Kier molecular flexibility index (Phi) is 3.64. The van der Waals surface area contributed by atoms with E-state index in [1.54, 1.807) is 0 Å². The number of anilines is 1. The van der Waals surface area contributed by atoms with Gasteiger partial charge in [-0.05, 0) is 12.8 Å². The van der Waals surface area contributed by atoms with Crippen LogP contribution in [-0.2, 0) is 0 Å². The maximum atomic E-state index is 8.67. The second-order valence-electron chi connectivity index (χ2n) is 3.86. The van der Waals surface area contributed by atoms with Crippen molar-refractivity contribution < 1.29 is 4.74 Å². The summed E-state index contributed by atoms with van der Waals surface area (Å²) in [5.74, 6) is 0.663. The number of hydrogen-bond donors (Lipinski definition) is 0. The van der Waals surface area contributed by atoms with Crippen LogP contribution in [0.1, 0.15) is 19.3 Å². The van der Waals surface area contributed by atoms with E-state index in [0.717, 1.165) is 12.8 Å². The molecular formula is C11H13ClN4O. The van der Waals surface area contributed by atoms with Gasteiger partial charge in [-0.1, -0.05) is 11.6 Å². The smallest absolute Gasteiger partial charge is 0.318 e. The number of methoxy groups -OCH3 is 1. The van der Waals surface area contributed by atoms with Crippen LogP contribution in [0.25, 0.3) is 0 Å². The molecule has 0 aliphatic heterocycles. The summed E-state index contributed by atoms with van der Waals surface area (Å²) in [5, 5.41) is 9.16. The Balaban J connectivity index is 2.24. The van der Waals surface area contributed by atoms with Crippen molar-refractivity contribution in [1.29, 1.82) is 5.26 Å². The van der Waals surface area contributed by atoms with Gasteiger partial charge in [0.05, 0.1) is 25.8 Å². The molecule has 1 saturated carbocycles. The second kappa shape index (κ2) is 5.19. The third-order valence-electron chi connectivity index (χ3n) is 2.61. The maximum Gasteiger partial charge on any atom is 0.318 e. The summed E-state index contributed by atoms with van der Waals surface area (Å²) in [6, 6.07) is 2.88. The summed E-state index contributed by atoms with van der Waals surface area (Å²) in [6.07, 6.45) is 4.23. The summed E-state index contributed by atoms with van der Waals surface area (Å²) < 4.78 is 4.99. The predicted molar refractivity (Wildman–Crippen MR) is 64.2 cm³/mol. The van der Waals surface area contributed by atoms with Gasteiger partial charge in [0, 0.05) is 12.6 Å². The van der Waals surface area contributed by atoms with Crippen LogP contribution in [0.2, 0.25) is 5.02 Å². The topological polar surface area (TPSA) is 62.0 Å². The first-order valence-corrected chi connectivity index (χ1v) is 5.84. The zero-order chi connectivity index (χ0) is 12.3. The van der Waals surface area contributed by atoms with Crippen molar-refractivity contribution in [3.63, 3.8) is 0 Å². The van der Waals surface area contributed by atoms with Crippen LogP contribution in [-0.4, -0.2) is 29.7 Å². The third-order valence-corrected chi connectivity index (χ3v) is 2.88. The van der Waals surface area contributed by atoms with Crippen LogP contribution in [0, 0.1) is 11.3 Å². The molecule has 0 saturated heterocycles. The number of nitrogens with zero attached hydrogens (tertiary/aromatic N) is 4. The molecule has 1 fully saturated rings. The monoisotopic (exact) mass is 252 g/mol. The van der Waals surface area contributed by atoms with E-state index in [-0.39, 0.29) is 0 Å². The Labute approximate surface area is 105 Å². The summed E-state index contributed by atoms with van der Waals surface area (Å²) in [4.78, 5) is 10.3. The minimum absolute atomic E-state index is 0.298. The largest absolute Gasteiger partial charge is 0.467 e. The predicted octanol–water partition coefficient (Wildman–Crippen LogP) is 2.02. The Hall–Kier alpha value is -1.54. The van der Waals surface area contributed by atoms with E-state index >= 15 is 0 Å². The van der Waals surface area contributed by atoms with E-state index in [9.17, 15) is 0 Å². The van der Waals surface area contributed by atoms with Crippen LogP contribution in [0.5, 0.6) is 6.01 Å². The zero-order valence-corrected chi connectivity index (χ0v) is 10.3. The fourth-order valence-electron chi connectivity index (χ4n) is 1.66. The van der Waals surface area contributed by atoms with E-state index < -0.39 is 0 Å². The highest BCUT2D eigenvalue weighted by molar-refractivity contribution is 6.32. The summed E-state index contributed by atoms with van der Waals surface area (Å²) in [7, 11) is 1.52. The summed E-state index contributed by atoms with van der Waals surface area (Å²) >= 11 is 6.09. The van der Waals surface area contributed by atoms with E-state index in [2.05, 4.69) is 20.9 Å². The fraction of sp³-hybridized carbons (Fsp3) is 0.545. The van der Waals surface area contributed by atoms with E-state index in [4.69, 9.17) is 21.6 Å². The second-order valence-corrected chi connectivity index (χ2v) is 4.27. The number of aromatic nitrogens is 2. The van der Waals surface area contributed by atoms with Gasteiger partial charge in [-0.25, -0.2) is 4.98 Å². The molecule has 0 aromatic carbocycles. The number of halogens is 1. The molecule has 1 aromatic heterocycles. The molecule has 1 aliphatic rings. The normalized spacial score (nSPS) is 14.2. The molecular weight excluding hydrogens is 240 g/mol. The van der Waals surface area contributed by atoms with E-state index in [1.807, 2.05) is 0 Å². The summed E-state index contributed by atoms with van der Waals surface area (Å²) in [6.45, 7) is 0.640. The lowest BCUT2D eigenvalue weighted by Crippen LogP contribution is -2.28. The molecule has 6 heteroatoms. The quantitative estimate of drug-likeness (QED) is 0.802. The van der Waals surface area contributed by atoms with Crippen molar-refractivity contribution in [3.8, 4) is 12.1 Å². The van der Waals surface area contributed by atoms with Gasteiger partial charge in [0.2, 0.25) is 0 Å². The summed E-state index contributed by atoms with van der Waals surface area (Å²) in [5.41, 5.74) is 0. The van der Waals surface area contributed by atoms with Crippen LogP contribution < -0.4 is 9.64 Å². The Morgan fingerprint density at radius 1 is 1.65 bits per heavy atom. The molecule has 2 rings (SSSR count). The molecule has 1 heterocycles.